The van der Waals surface area contributed by atoms with E-state index >= 15 is 0 Å². The molecule has 135 valence electrons. The zero-order valence-electron chi connectivity index (χ0n) is 15.5. The average Bonchev–Trinajstić information content (AvgIpc) is 2.76. The van der Waals surface area contributed by atoms with Crippen LogP contribution in [0.25, 0.3) is 11.1 Å². The summed E-state index contributed by atoms with van der Waals surface area (Å²) in [5.41, 5.74) is 8.14. The fourth-order valence-electron chi connectivity index (χ4n) is 3.38. The van der Waals surface area contributed by atoms with Crippen LogP contribution in [0.1, 0.15) is 27.7 Å². The summed E-state index contributed by atoms with van der Waals surface area (Å²) in [5, 5.41) is 16.3. The van der Waals surface area contributed by atoms with Gasteiger partial charge in [-0.15, -0.1) is 10.3 Å². The Morgan fingerprint density at radius 2 is 1.42 bits per heavy atom. The second-order valence-electron chi connectivity index (χ2n) is 7.72. The van der Waals surface area contributed by atoms with Crippen molar-refractivity contribution < 1.29 is 10.0 Å². The van der Waals surface area contributed by atoms with Crippen molar-refractivity contribution in [2.24, 2.45) is 0 Å². The molecule has 0 fully saturated rings. The monoisotopic (exact) mass is 350 g/mol. The Bertz CT molecular complexity index is 850. The lowest BCUT2D eigenvalue weighted by Gasteiger charge is -2.33. The van der Waals surface area contributed by atoms with Gasteiger partial charge in [-0.3, -0.25) is 4.79 Å². The number of hydrogen-bond donors (Lipinski definition) is 2. The molecule has 2 aromatic carbocycles. The summed E-state index contributed by atoms with van der Waals surface area (Å²) in [6, 6.07) is 15.2. The first-order valence-electron chi connectivity index (χ1n) is 8.59. The highest BCUT2D eigenvalue weighted by molar-refractivity contribution is 6.06. The zero-order valence-corrected chi connectivity index (χ0v) is 15.5. The maximum Gasteiger partial charge on any atom is 0.253 e. The van der Waals surface area contributed by atoms with Crippen LogP contribution >= 0.6 is 0 Å². The van der Waals surface area contributed by atoms with E-state index in [-0.39, 0.29) is 5.91 Å². The number of hydroxylamine groups is 2. The van der Waals surface area contributed by atoms with Gasteiger partial charge in [0.25, 0.3) is 5.91 Å². The van der Waals surface area contributed by atoms with Crippen LogP contribution in [0.5, 0.6) is 0 Å². The lowest BCUT2D eigenvalue weighted by molar-refractivity contribution is -0.238. The van der Waals surface area contributed by atoms with Crippen molar-refractivity contribution >= 4 is 17.3 Å². The molecule has 1 amide bonds. The van der Waals surface area contributed by atoms with Crippen molar-refractivity contribution in [1.82, 2.24) is 5.06 Å². The van der Waals surface area contributed by atoms with Crippen molar-refractivity contribution in [3.63, 3.8) is 0 Å². The molecule has 2 aromatic rings. The molecule has 1 radical (unpaired) electrons. The van der Waals surface area contributed by atoms with E-state index in [1.807, 2.05) is 62.4 Å². The van der Waals surface area contributed by atoms with Crippen LogP contribution < -0.4 is 11.1 Å². The molecule has 1 aliphatic rings. The molecule has 0 bridgehead atoms. The van der Waals surface area contributed by atoms with Gasteiger partial charge in [-0.25, -0.2) is 0 Å². The summed E-state index contributed by atoms with van der Waals surface area (Å²) in [6.45, 7) is 7.15. The van der Waals surface area contributed by atoms with Crippen molar-refractivity contribution in [3.8, 4) is 11.1 Å². The Labute approximate surface area is 154 Å². The summed E-state index contributed by atoms with van der Waals surface area (Å²) in [5.74, 6) is -0.248. The zero-order chi connectivity index (χ0) is 19.1. The molecule has 0 saturated carbocycles. The highest BCUT2D eigenvalue weighted by Gasteiger charge is 2.48. The van der Waals surface area contributed by atoms with Gasteiger partial charge in [-0.1, -0.05) is 30.3 Å². The van der Waals surface area contributed by atoms with Crippen LogP contribution in [0, 0.1) is 0 Å². The van der Waals surface area contributed by atoms with Crippen molar-refractivity contribution in [2.45, 2.75) is 38.8 Å². The third kappa shape index (κ3) is 3.23. The molecule has 1 heterocycles. The molecule has 26 heavy (non-hydrogen) atoms. The largest absolute Gasteiger partial charge is 0.399 e. The first kappa shape index (κ1) is 18.2. The van der Waals surface area contributed by atoms with Gasteiger partial charge < -0.3 is 11.1 Å². The molecule has 3 rings (SSSR count). The van der Waals surface area contributed by atoms with Gasteiger partial charge in [-0.2, -0.15) is 0 Å². The van der Waals surface area contributed by atoms with E-state index < -0.39 is 11.1 Å². The Morgan fingerprint density at radius 3 is 1.88 bits per heavy atom. The smallest absolute Gasteiger partial charge is 0.253 e. The SMILES string of the molecule is CC1(C)C=C(C(=O)Nc2ccc(-c3ccc(N)cc3)cc2)C(C)(C)N1[O]. The number of carbonyl (C=O) groups excluding carboxylic acids is 1. The van der Waals surface area contributed by atoms with E-state index in [0.717, 1.165) is 21.9 Å². The van der Waals surface area contributed by atoms with Crippen molar-refractivity contribution in [2.75, 3.05) is 11.1 Å². The molecule has 3 N–H and O–H groups in total. The molecule has 5 nitrogen and oxygen atoms in total. The lowest BCUT2D eigenvalue weighted by atomic mass is 9.95. The summed E-state index contributed by atoms with van der Waals surface area (Å²) >= 11 is 0. The van der Waals surface area contributed by atoms with Crippen LogP contribution in [-0.4, -0.2) is 22.0 Å². The van der Waals surface area contributed by atoms with E-state index in [1.54, 1.807) is 19.9 Å². The van der Waals surface area contributed by atoms with Gasteiger partial charge in [0.05, 0.1) is 11.1 Å². The molecule has 0 aliphatic carbocycles. The minimum atomic E-state index is -0.864. The summed E-state index contributed by atoms with van der Waals surface area (Å²) in [4.78, 5) is 12.7. The van der Waals surface area contributed by atoms with Crippen molar-refractivity contribution in [1.29, 1.82) is 0 Å². The van der Waals surface area contributed by atoms with E-state index in [1.165, 1.54) is 0 Å². The number of amides is 1. The van der Waals surface area contributed by atoms with Gasteiger partial charge in [0, 0.05) is 16.9 Å². The molecule has 0 aromatic heterocycles. The number of hydrogen-bond acceptors (Lipinski definition) is 3. The highest BCUT2D eigenvalue weighted by atomic mass is 16.5. The third-order valence-electron chi connectivity index (χ3n) is 4.82. The summed E-state index contributed by atoms with van der Waals surface area (Å²) < 4.78 is 0. The normalized spacial score (nSPS) is 18.4. The Morgan fingerprint density at radius 1 is 0.923 bits per heavy atom. The number of anilines is 2. The van der Waals surface area contributed by atoms with Crippen LogP contribution in [0.4, 0.5) is 11.4 Å². The fraction of sp³-hybridized carbons (Fsp3) is 0.286. The molecule has 0 spiro atoms. The molecule has 0 atom stereocenters. The molecule has 0 unspecified atom stereocenters. The molecular weight excluding hydrogens is 326 g/mol. The van der Waals surface area contributed by atoms with E-state index in [2.05, 4.69) is 5.32 Å². The number of nitrogens with two attached hydrogens (primary N) is 1. The van der Waals surface area contributed by atoms with Crippen LogP contribution in [0.15, 0.2) is 60.2 Å². The maximum absolute atomic E-state index is 12.7. The minimum Gasteiger partial charge on any atom is -0.399 e. The van der Waals surface area contributed by atoms with Crippen LogP contribution in [0.2, 0.25) is 0 Å². The topological polar surface area (TPSA) is 78.3 Å². The average molecular weight is 350 g/mol. The fourth-order valence-corrected chi connectivity index (χ4v) is 3.38. The number of rotatable bonds is 3. The molecule has 1 aliphatic heterocycles. The van der Waals surface area contributed by atoms with Crippen molar-refractivity contribution in [3.05, 3.63) is 60.2 Å². The molecular formula is C21H24N3O2. The van der Waals surface area contributed by atoms with Gasteiger partial charge in [-0.05, 0) is 63.1 Å². The third-order valence-corrected chi connectivity index (χ3v) is 4.82. The van der Waals surface area contributed by atoms with Crippen LogP contribution in [-0.2, 0) is 10.0 Å². The van der Waals surface area contributed by atoms with Gasteiger partial charge in [0.2, 0.25) is 0 Å². The summed E-state index contributed by atoms with van der Waals surface area (Å²) in [6.07, 6.45) is 1.75. The first-order chi connectivity index (χ1) is 12.1. The number of nitrogens with zero attached hydrogens (tertiary/aromatic N) is 1. The second-order valence-corrected chi connectivity index (χ2v) is 7.72. The molecule has 0 saturated heterocycles. The van der Waals surface area contributed by atoms with E-state index in [9.17, 15) is 10.0 Å². The Hall–Kier alpha value is -2.63. The number of carbonyl (C=O) groups is 1. The first-order valence-corrected chi connectivity index (χ1v) is 8.59. The predicted octanol–water partition coefficient (Wildman–Crippen LogP) is 4.02. The second kappa shape index (κ2) is 6.27. The standard InChI is InChI=1S/C21H24N3O2/c1-20(2)13-18(21(3,4)24(20)26)19(25)23-17-11-7-15(8-12-17)14-5-9-16(22)10-6-14/h5-13H,22H2,1-4H3,(H,23,25). The highest BCUT2D eigenvalue weighted by Crippen LogP contribution is 2.39. The molecule has 5 heteroatoms. The lowest BCUT2D eigenvalue weighted by Crippen LogP contribution is -2.48. The predicted molar refractivity (Wildman–Crippen MR) is 104 cm³/mol. The van der Waals surface area contributed by atoms with Gasteiger partial charge >= 0.3 is 0 Å². The Kier molecular flexibility index (Phi) is 4.38. The Balaban J connectivity index is 1.77. The quantitative estimate of drug-likeness (QED) is 0.821. The van der Waals surface area contributed by atoms with Gasteiger partial charge in [0.15, 0.2) is 0 Å². The van der Waals surface area contributed by atoms with Crippen LogP contribution in [0.3, 0.4) is 0 Å². The number of benzene rings is 2. The maximum atomic E-state index is 12.7. The number of nitrogen functional groups attached to an aromatic ring is 1. The van der Waals surface area contributed by atoms with Gasteiger partial charge in [0.1, 0.15) is 0 Å². The van der Waals surface area contributed by atoms with E-state index in [4.69, 9.17) is 5.73 Å². The summed E-state index contributed by atoms with van der Waals surface area (Å²) in [7, 11) is 0. The minimum absolute atomic E-state index is 0.248. The number of nitrogens with one attached hydrogen (secondary N) is 1. The van der Waals surface area contributed by atoms with E-state index in [0.29, 0.717) is 11.3 Å².